The van der Waals surface area contributed by atoms with Crippen molar-refractivity contribution in [2.75, 3.05) is 18.4 Å². The summed E-state index contributed by atoms with van der Waals surface area (Å²) in [7, 11) is 0. The number of carbonyl (C=O) groups excluding carboxylic acids is 2. The average molecular weight is 393 g/mol. The van der Waals surface area contributed by atoms with Crippen LogP contribution in [0.15, 0.2) is 42.7 Å². The van der Waals surface area contributed by atoms with Crippen LogP contribution in [-0.2, 0) is 6.18 Å². The van der Waals surface area contributed by atoms with Crippen LogP contribution in [0.2, 0.25) is 0 Å². The van der Waals surface area contributed by atoms with Gasteiger partial charge in [-0.1, -0.05) is 0 Å². The molecule has 1 aromatic carbocycles. The van der Waals surface area contributed by atoms with Gasteiger partial charge in [-0.25, -0.2) is 0 Å². The molecule has 9 heteroatoms. The van der Waals surface area contributed by atoms with Crippen molar-refractivity contribution < 1.29 is 27.9 Å². The lowest BCUT2D eigenvalue weighted by Crippen LogP contribution is -2.42. The Labute approximate surface area is 159 Å². The molecule has 2 N–H and O–H groups in total. The van der Waals surface area contributed by atoms with Crippen molar-refractivity contribution in [3.8, 4) is 0 Å². The monoisotopic (exact) mass is 393 g/mol. The number of aromatic nitrogens is 1. The number of hydrogen-bond donors (Lipinski definition) is 2. The van der Waals surface area contributed by atoms with E-state index in [2.05, 4.69) is 10.3 Å². The van der Waals surface area contributed by atoms with Gasteiger partial charge in [-0.05, 0) is 43.2 Å². The highest BCUT2D eigenvalue weighted by Gasteiger charge is 2.33. The highest BCUT2D eigenvalue weighted by atomic mass is 19.4. The fraction of sp³-hybridized carbons (Fsp3) is 0.316. The Morgan fingerprint density at radius 1 is 1.21 bits per heavy atom. The predicted molar refractivity (Wildman–Crippen MR) is 94.8 cm³/mol. The van der Waals surface area contributed by atoms with E-state index in [-0.39, 0.29) is 23.4 Å². The molecule has 148 valence electrons. The van der Waals surface area contributed by atoms with Gasteiger partial charge in [0.1, 0.15) is 0 Å². The number of carbonyl (C=O) groups is 2. The van der Waals surface area contributed by atoms with Gasteiger partial charge in [0.2, 0.25) is 0 Å². The van der Waals surface area contributed by atoms with E-state index >= 15 is 0 Å². The molecule has 2 aromatic rings. The molecule has 3 rings (SSSR count). The minimum atomic E-state index is -4.69. The minimum Gasteiger partial charge on any atom is -0.391 e. The maximum atomic E-state index is 13.3. The van der Waals surface area contributed by atoms with E-state index in [9.17, 15) is 27.9 Å². The SMILES string of the molecule is O=C(Nc1cc(C(=O)N2CCC[C@H](O)C2)cc(C(F)(F)F)c1)c1cccnc1. The number of likely N-dealkylation sites (tertiary alicyclic amines) is 1. The first-order valence-electron chi connectivity index (χ1n) is 8.65. The third-order valence-electron chi connectivity index (χ3n) is 4.37. The summed E-state index contributed by atoms with van der Waals surface area (Å²) in [6.45, 7) is 0.413. The highest BCUT2D eigenvalue weighted by molar-refractivity contribution is 6.05. The van der Waals surface area contributed by atoms with Crippen LogP contribution in [0.25, 0.3) is 0 Å². The van der Waals surface area contributed by atoms with E-state index in [1.54, 1.807) is 0 Å². The van der Waals surface area contributed by atoms with Gasteiger partial charge in [0.15, 0.2) is 0 Å². The second-order valence-corrected chi connectivity index (χ2v) is 6.54. The van der Waals surface area contributed by atoms with E-state index in [0.717, 1.165) is 12.1 Å². The molecule has 1 saturated heterocycles. The molecule has 2 heterocycles. The molecule has 2 amide bonds. The van der Waals surface area contributed by atoms with Crippen molar-refractivity contribution in [1.29, 1.82) is 0 Å². The quantitative estimate of drug-likeness (QED) is 0.840. The van der Waals surface area contributed by atoms with Crippen LogP contribution >= 0.6 is 0 Å². The molecular formula is C19H18F3N3O3. The molecule has 1 aromatic heterocycles. The van der Waals surface area contributed by atoms with Crippen LogP contribution in [0, 0.1) is 0 Å². The molecule has 1 fully saturated rings. The van der Waals surface area contributed by atoms with E-state index in [1.807, 2.05) is 0 Å². The van der Waals surface area contributed by atoms with E-state index in [0.29, 0.717) is 19.4 Å². The number of nitrogens with one attached hydrogen (secondary N) is 1. The number of benzene rings is 1. The van der Waals surface area contributed by atoms with Crippen LogP contribution in [0.4, 0.5) is 18.9 Å². The number of hydrogen-bond acceptors (Lipinski definition) is 4. The molecule has 0 unspecified atom stereocenters. The number of anilines is 1. The third kappa shape index (κ3) is 4.66. The van der Waals surface area contributed by atoms with E-state index in [1.165, 1.54) is 35.5 Å². The summed E-state index contributed by atoms with van der Waals surface area (Å²) in [4.78, 5) is 30.0. The first-order valence-corrected chi connectivity index (χ1v) is 8.65. The Morgan fingerprint density at radius 3 is 2.64 bits per heavy atom. The molecule has 1 aliphatic rings. The van der Waals surface area contributed by atoms with Crippen LogP contribution in [0.1, 0.15) is 39.1 Å². The van der Waals surface area contributed by atoms with Crippen molar-refractivity contribution in [3.05, 3.63) is 59.4 Å². The summed E-state index contributed by atoms with van der Waals surface area (Å²) < 4.78 is 39.9. The van der Waals surface area contributed by atoms with Gasteiger partial charge < -0.3 is 15.3 Å². The van der Waals surface area contributed by atoms with Crippen molar-refractivity contribution in [1.82, 2.24) is 9.88 Å². The lowest BCUT2D eigenvalue weighted by molar-refractivity contribution is -0.137. The number of piperidine rings is 1. The number of aliphatic hydroxyl groups is 1. The second kappa shape index (κ2) is 7.97. The van der Waals surface area contributed by atoms with Gasteiger partial charge in [0.25, 0.3) is 11.8 Å². The Balaban J connectivity index is 1.91. The van der Waals surface area contributed by atoms with Gasteiger partial charge >= 0.3 is 6.18 Å². The maximum Gasteiger partial charge on any atom is 0.416 e. The smallest absolute Gasteiger partial charge is 0.391 e. The average Bonchev–Trinajstić information content (AvgIpc) is 2.67. The van der Waals surface area contributed by atoms with Gasteiger partial charge in [0, 0.05) is 36.7 Å². The zero-order chi connectivity index (χ0) is 20.3. The fourth-order valence-corrected chi connectivity index (χ4v) is 3.01. The Bertz CT molecular complexity index is 872. The number of amides is 2. The lowest BCUT2D eigenvalue weighted by atomic mass is 10.0. The summed E-state index contributed by atoms with van der Waals surface area (Å²) in [5.41, 5.74) is -1.22. The normalized spacial score (nSPS) is 17.3. The van der Waals surface area contributed by atoms with Gasteiger partial charge in [-0.15, -0.1) is 0 Å². The van der Waals surface area contributed by atoms with Crippen molar-refractivity contribution in [3.63, 3.8) is 0 Å². The largest absolute Gasteiger partial charge is 0.416 e. The molecule has 0 radical (unpaired) electrons. The Hall–Kier alpha value is -2.94. The first-order chi connectivity index (χ1) is 13.2. The summed E-state index contributed by atoms with van der Waals surface area (Å²) >= 11 is 0. The van der Waals surface area contributed by atoms with Crippen molar-refractivity contribution in [2.24, 2.45) is 0 Å². The summed E-state index contributed by atoms with van der Waals surface area (Å²) in [5.74, 6) is -1.26. The molecule has 28 heavy (non-hydrogen) atoms. The third-order valence-corrected chi connectivity index (χ3v) is 4.37. The van der Waals surface area contributed by atoms with Crippen LogP contribution in [0.3, 0.4) is 0 Å². The molecule has 0 spiro atoms. The Kier molecular flexibility index (Phi) is 5.64. The van der Waals surface area contributed by atoms with Crippen molar-refractivity contribution >= 4 is 17.5 Å². The second-order valence-electron chi connectivity index (χ2n) is 6.54. The first kappa shape index (κ1) is 19.8. The van der Waals surface area contributed by atoms with Gasteiger partial charge in [-0.3, -0.25) is 14.6 Å². The number of nitrogens with zero attached hydrogens (tertiary/aromatic N) is 2. The molecule has 0 saturated carbocycles. The summed E-state index contributed by atoms with van der Waals surface area (Å²) in [5, 5.41) is 12.1. The number of aliphatic hydroxyl groups excluding tert-OH is 1. The Morgan fingerprint density at radius 2 is 2.00 bits per heavy atom. The number of β-amino-alcohol motifs (C(OH)–C–C–N with tert-alkyl or cyclic N) is 1. The molecular weight excluding hydrogens is 375 g/mol. The summed E-state index contributed by atoms with van der Waals surface area (Å²) in [6.07, 6.45) is -1.54. The van der Waals surface area contributed by atoms with E-state index < -0.39 is 29.7 Å². The number of pyridine rings is 1. The predicted octanol–water partition coefficient (Wildman–Crippen LogP) is 2.95. The zero-order valence-electron chi connectivity index (χ0n) is 14.7. The van der Waals surface area contributed by atoms with E-state index in [4.69, 9.17) is 0 Å². The van der Waals surface area contributed by atoms with Crippen molar-refractivity contribution in [2.45, 2.75) is 25.1 Å². The fourth-order valence-electron chi connectivity index (χ4n) is 3.01. The summed E-state index contributed by atoms with van der Waals surface area (Å²) in [6, 6.07) is 5.72. The van der Waals surface area contributed by atoms with Crippen LogP contribution in [-0.4, -0.2) is 46.0 Å². The van der Waals surface area contributed by atoms with Crippen LogP contribution < -0.4 is 5.32 Å². The number of rotatable bonds is 3. The minimum absolute atomic E-state index is 0.0620. The van der Waals surface area contributed by atoms with Crippen LogP contribution in [0.5, 0.6) is 0 Å². The standard InChI is InChI=1S/C19H18F3N3O3/c20-19(21,22)14-7-13(18(28)25-6-2-4-16(26)11-25)8-15(9-14)24-17(27)12-3-1-5-23-10-12/h1,3,5,7-10,16,26H,2,4,6,11H2,(H,24,27)/t16-/m0/s1. The van der Waals surface area contributed by atoms with Gasteiger partial charge in [-0.2, -0.15) is 13.2 Å². The molecule has 0 bridgehead atoms. The number of halogens is 3. The molecule has 6 nitrogen and oxygen atoms in total. The highest BCUT2D eigenvalue weighted by Crippen LogP contribution is 2.32. The topological polar surface area (TPSA) is 82.5 Å². The zero-order valence-corrected chi connectivity index (χ0v) is 14.7. The van der Waals surface area contributed by atoms with Gasteiger partial charge in [0.05, 0.1) is 17.2 Å². The molecule has 1 atom stereocenters. The molecule has 1 aliphatic heterocycles. The maximum absolute atomic E-state index is 13.3. The number of alkyl halides is 3. The molecule has 0 aliphatic carbocycles. The lowest BCUT2D eigenvalue weighted by Gasteiger charge is -2.30.